The molecular weight excluding hydrogens is 236 g/mol. The Kier molecular flexibility index (Phi) is 2.69. The third-order valence-corrected chi connectivity index (χ3v) is 6.20. The summed E-state index contributed by atoms with van der Waals surface area (Å²) in [6.07, 6.45) is 8.57. The molecule has 4 aliphatic rings. The standard InChI is InChI=1S/C17H26O2/c1-5-14(18)19-17(6-2)12-7-15(3)8-13(17)10-16(4,9-12)11-15/h5,12-13H,1,6-11H2,2-4H3. The van der Waals surface area contributed by atoms with Crippen molar-refractivity contribution in [2.45, 2.75) is 64.9 Å². The maximum Gasteiger partial charge on any atom is 0.330 e. The second-order valence-corrected chi connectivity index (χ2v) is 7.94. The highest BCUT2D eigenvalue weighted by Gasteiger charge is 2.65. The Morgan fingerprint density at radius 3 is 2.05 bits per heavy atom. The molecule has 0 radical (unpaired) electrons. The van der Waals surface area contributed by atoms with E-state index < -0.39 is 0 Å². The first kappa shape index (κ1) is 13.2. The van der Waals surface area contributed by atoms with E-state index in [4.69, 9.17) is 4.74 Å². The van der Waals surface area contributed by atoms with E-state index in [0.717, 1.165) is 6.42 Å². The highest BCUT2D eigenvalue weighted by atomic mass is 16.6. The van der Waals surface area contributed by atoms with Gasteiger partial charge in [0.25, 0.3) is 0 Å². The predicted octanol–water partition coefficient (Wildman–Crippen LogP) is 4.10. The van der Waals surface area contributed by atoms with Crippen LogP contribution in [0.4, 0.5) is 0 Å². The second kappa shape index (κ2) is 3.86. The monoisotopic (exact) mass is 262 g/mol. The van der Waals surface area contributed by atoms with Crippen LogP contribution in [0.15, 0.2) is 12.7 Å². The molecule has 0 saturated heterocycles. The van der Waals surface area contributed by atoms with Crippen LogP contribution in [-0.4, -0.2) is 11.6 Å². The van der Waals surface area contributed by atoms with Gasteiger partial charge >= 0.3 is 5.97 Å². The summed E-state index contributed by atoms with van der Waals surface area (Å²) in [5, 5.41) is 0. The van der Waals surface area contributed by atoms with Crippen LogP contribution in [0.25, 0.3) is 0 Å². The molecule has 2 heteroatoms. The summed E-state index contributed by atoms with van der Waals surface area (Å²) in [5.41, 5.74) is 0.768. The van der Waals surface area contributed by atoms with Crippen LogP contribution in [0.1, 0.15) is 59.3 Å². The Balaban J connectivity index is 1.96. The second-order valence-electron chi connectivity index (χ2n) is 7.94. The molecule has 4 rings (SSSR count). The first-order chi connectivity index (χ1) is 8.85. The minimum absolute atomic E-state index is 0.204. The summed E-state index contributed by atoms with van der Waals surface area (Å²) in [6.45, 7) is 10.6. The molecule has 0 aromatic heterocycles. The molecule has 0 aromatic carbocycles. The van der Waals surface area contributed by atoms with Crippen LogP contribution < -0.4 is 0 Å². The predicted molar refractivity (Wildman–Crippen MR) is 75.6 cm³/mol. The van der Waals surface area contributed by atoms with Crippen LogP contribution >= 0.6 is 0 Å². The Labute approximate surface area is 116 Å². The Morgan fingerprint density at radius 2 is 1.68 bits per heavy atom. The topological polar surface area (TPSA) is 26.3 Å². The highest BCUT2D eigenvalue weighted by molar-refractivity contribution is 5.81. The van der Waals surface area contributed by atoms with E-state index in [1.54, 1.807) is 0 Å². The van der Waals surface area contributed by atoms with Gasteiger partial charge in [0.1, 0.15) is 5.60 Å². The largest absolute Gasteiger partial charge is 0.455 e. The lowest BCUT2D eigenvalue weighted by Gasteiger charge is -2.67. The molecule has 2 nitrogen and oxygen atoms in total. The van der Waals surface area contributed by atoms with Crippen molar-refractivity contribution >= 4 is 5.97 Å². The van der Waals surface area contributed by atoms with E-state index in [1.165, 1.54) is 38.2 Å². The van der Waals surface area contributed by atoms with Gasteiger partial charge in [0, 0.05) is 17.9 Å². The lowest BCUT2D eigenvalue weighted by Crippen LogP contribution is -2.64. The Hall–Kier alpha value is -0.790. The van der Waals surface area contributed by atoms with Crippen LogP contribution in [-0.2, 0) is 9.53 Å². The highest BCUT2D eigenvalue weighted by Crippen LogP contribution is 2.69. The number of carbonyl (C=O) groups excluding carboxylic acids is 1. The molecule has 0 spiro atoms. The number of carbonyl (C=O) groups is 1. The molecule has 4 fully saturated rings. The van der Waals surface area contributed by atoms with Crippen molar-refractivity contribution in [1.29, 1.82) is 0 Å². The molecule has 4 bridgehead atoms. The van der Waals surface area contributed by atoms with E-state index >= 15 is 0 Å². The Bertz CT molecular complexity index is 387. The maximum atomic E-state index is 11.8. The van der Waals surface area contributed by atoms with E-state index in [-0.39, 0.29) is 11.6 Å². The summed E-state index contributed by atoms with van der Waals surface area (Å²) < 4.78 is 5.95. The van der Waals surface area contributed by atoms with Gasteiger partial charge in [0.15, 0.2) is 0 Å². The normalized spacial score (nSPS) is 51.1. The summed E-state index contributed by atoms with van der Waals surface area (Å²) in [6, 6.07) is 0. The first-order valence-electron chi connectivity index (χ1n) is 7.70. The van der Waals surface area contributed by atoms with Gasteiger partial charge in [-0.15, -0.1) is 0 Å². The SMILES string of the molecule is C=CC(=O)OC1(CC)C2CC3(C)CC1CC(C)(C2)C3. The van der Waals surface area contributed by atoms with Crippen molar-refractivity contribution < 1.29 is 9.53 Å². The van der Waals surface area contributed by atoms with Gasteiger partial charge in [-0.05, 0) is 49.4 Å². The molecule has 4 saturated carbocycles. The van der Waals surface area contributed by atoms with Gasteiger partial charge in [-0.3, -0.25) is 0 Å². The fourth-order valence-corrected chi connectivity index (χ4v) is 6.08. The number of hydrogen-bond acceptors (Lipinski definition) is 2. The molecule has 0 aliphatic heterocycles. The summed E-state index contributed by atoms with van der Waals surface area (Å²) in [5.74, 6) is 0.875. The van der Waals surface area contributed by atoms with Crippen molar-refractivity contribution in [1.82, 2.24) is 0 Å². The van der Waals surface area contributed by atoms with Crippen LogP contribution in [0.5, 0.6) is 0 Å². The van der Waals surface area contributed by atoms with Crippen molar-refractivity contribution in [2.24, 2.45) is 22.7 Å². The third-order valence-electron chi connectivity index (χ3n) is 6.20. The van der Waals surface area contributed by atoms with Crippen LogP contribution in [0, 0.1) is 22.7 Å². The van der Waals surface area contributed by atoms with Gasteiger partial charge in [-0.2, -0.15) is 0 Å². The van der Waals surface area contributed by atoms with E-state index in [0.29, 0.717) is 22.7 Å². The minimum Gasteiger partial charge on any atom is -0.455 e. The molecule has 0 heterocycles. The quantitative estimate of drug-likeness (QED) is 0.565. The molecule has 0 unspecified atom stereocenters. The zero-order chi connectivity index (χ0) is 13.9. The zero-order valence-electron chi connectivity index (χ0n) is 12.5. The minimum atomic E-state index is -0.232. The number of esters is 1. The zero-order valence-corrected chi connectivity index (χ0v) is 12.5. The fraction of sp³-hybridized carbons (Fsp3) is 0.824. The molecule has 0 atom stereocenters. The first-order valence-corrected chi connectivity index (χ1v) is 7.70. The average molecular weight is 262 g/mol. The summed E-state index contributed by atoms with van der Waals surface area (Å²) in [4.78, 5) is 11.8. The van der Waals surface area contributed by atoms with Crippen LogP contribution in [0.3, 0.4) is 0 Å². The summed E-state index contributed by atoms with van der Waals surface area (Å²) >= 11 is 0. The summed E-state index contributed by atoms with van der Waals surface area (Å²) in [7, 11) is 0. The lowest BCUT2D eigenvalue weighted by atomic mass is 9.40. The molecule has 19 heavy (non-hydrogen) atoms. The van der Waals surface area contributed by atoms with E-state index in [2.05, 4.69) is 27.4 Å². The van der Waals surface area contributed by atoms with Crippen molar-refractivity contribution in [2.75, 3.05) is 0 Å². The molecular formula is C17H26O2. The van der Waals surface area contributed by atoms with Gasteiger partial charge < -0.3 is 4.74 Å². The molecule has 0 amide bonds. The number of hydrogen-bond donors (Lipinski definition) is 0. The van der Waals surface area contributed by atoms with Gasteiger partial charge in [-0.25, -0.2) is 4.79 Å². The molecule has 0 N–H and O–H groups in total. The smallest absolute Gasteiger partial charge is 0.330 e. The van der Waals surface area contributed by atoms with Gasteiger partial charge in [0.2, 0.25) is 0 Å². The van der Waals surface area contributed by atoms with Crippen molar-refractivity contribution in [3.8, 4) is 0 Å². The van der Waals surface area contributed by atoms with Crippen LogP contribution in [0.2, 0.25) is 0 Å². The molecule has 0 aromatic rings. The van der Waals surface area contributed by atoms with Crippen molar-refractivity contribution in [3.05, 3.63) is 12.7 Å². The van der Waals surface area contributed by atoms with Crippen molar-refractivity contribution in [3.63, 3.8) is 0 Å². The van der Waals surface area contributed by atoms with Gasteiger partial charge in [0.05, 0.1) is 0 Å². The van der Waals surface area contributed by atoms with E-state index in [9.17, 15) is 4.79 Å². The Morgan fingerprint density at radius 1 is 1.21 bits per heavy atom. The fourth-order valence-electron chi connectivity index (χ4n) is 6.08. The third kappa shape index (κ3) is 1.79. The molecule has 106 valence electrons. The number of rotatable bonds is 3. The molecule has 4 aliphatic carbocycles. The number of ether oxygens (including phenoxy) is 1. The van der Waals surface area contributed by atoms with E-state index in [1.807, 2.05) is 0 Å². The average Bonchev–Trinajstić information content (AvgIpc) is 2.30. The lowest BCUT2D eigenvalue weighted by molar-refractivity contribution is -0.237. The van der Waals surface area contributed by atoms with Gasteiger partial charge in [-0.1, -0.05) is 27.4 Å². The maximum absolute atomic E-state index is 11.8.